The van der Waals surface area contributed by atoms with Gasteiger partial charge in [-0.2, -0.15) is 0 Å². The van der Waals surface area contributed by atoms with Gasteiger partial charge in [0.15, 0.2) is 0 Å². The van der Waals surface area contributed by atoms with Crippen molar-refractivity contribution < 1.29 is 13.9 Å². The number of hydrogen-bond acceptors (Lipinski definition) is 2. The van der Waals surface area contributed by atoms with E-state index in [1.54, 1.807) is 19.1 Å². The van der Waals surface area contributed by atoms with E-state index in [1.165, 1.54) is 12.1 Å². The minimum Gasteiger partial charge on any atom is -0.490 e. The fourth-order valence-corrected chi connectivity index (χ4v) is 1.10. The lowest BCUT2D eigenvalue weighted by Gasteiger charge is -2.12. The van der Waals surface area contributed by atoms with Gasteiger partial charge in [0.2, 0.25) is 5.91 Å². The maximum atomic E-state index is 12.7. The fraction of sp³-hybridized carbons (Fsp3) is 0.300. The molecular formula is C10H12FNO2. The maximum absolute atomic E-state index is 12.7. The summed E-state index contributed by atoms with van der Waals surface area (Å²) in [4.78, 5) is 10.5. The van der Waals surface area contributed by atoms with Gasteiger partial charge in [-0.25, -0.2) is 4.39 Å². The molecule has 4 heteroatoms. The van der Waals surface area contributed by atoms with Crippen molar-refractivity contribution in [3.8, 4) is 5.75 Å². The van der Waals surface area contributed by atoms with Gasteiger partial charge in [0.1, 0.15) is 17.7 Å². The number of benzene rings is 1. The number of ether oxygens (including phenoxy) is 1. The van der Waals surface area contributed by atoms with Gasteiger partial charge in [-0.15, -0.1) is 0 Å². The van der Waals surface area contributed by atoms with Crippen molar-refractivity contribution in [3.63, 3.8) is 0 Å². The smallest absolute Gasteiger partial charge is 0.221 e. The van der Waals surface area contributed by atoms with Crippen LogP contribution >= 0.6 is 0 Å². The second-order valence-corrected chi connectivity index (χ2v) is 3.06. The molecule has 1 rings (SSSR count). The van der Waals surface area contributed by atoms with Crippen LogP contribution in [0.5, 0.6) is 5.75 Å². The zero-order chi connectivity index (χ0) is 10.6. The summed E-state index contributed by atoms with van der Waals surface area (Å²) in [5.74, 6) is -0.401. The summed E-state index contributed by atoms with van der Waals surface area (Å²) in [5, 5.41) is 0. The van der Waals surface area contributed by atoms with Crippen LogP contribution < -0.4 is 10.5 Å². The Labute approximate surface area is 81.7 Å². The van der Waals surface area contributed by atoms with Gasteiger partial charge in [0.05, 0.1) is 6.42 Å². The summed E-state index contributed by atoms with van der Waals surface area (Å²) in [5.41, 5.74) is 4.98. The molecule has 1 unspecified atom stereocenters. The Morgan fingerprint density at radius 2 is 2.36 bits per heavy atom. The maximum Gasteiger partial charge on any atom is 0.221 e. The van der Waals surface area contributed by atoms with E-state index in [0.717, 1.165) is 0 Å². The molecule has 0 bridgehead atoms. The highest BCUT2D eigenvalue weighted by Crippen LogP contribution is 2.14. The Kier molecular flexibility index (Phi) is 3.45. The van der Waals surface area contributed by atoms with Gasteiger partial charge in [0.25, 0.3) is 0 Å². The molecule has 14 heavy (non-hydrogen) atoms. The number of amides is 1. The summed E-state index contributed by atoms with van der Waals surface area (Å²) >= 11 is 0. The molecule has 1 atom stereocenters. The second-order valence-electron chi connectivity index (χ2n) is 3.06. The van der Waals surface area contributed by atoms with Crippen molar-refractivity contribution in [1.82, 2.24) is 0 Å². The van der Waals surface area contributed by atoms with Crippen LogP contribution in [-0.4, -0.2) is 12.0 Å². The molecule has 1 aromatic carbocycles. The first-order chi connectivity index (χ1) is 6.58. The third kappa shape index (κ3) is 3.43. The molecular weight excluding hydrogens is 185 g/mol. The molecule has 0 aliphatic carbocycles. The highest BCUT2D eigenvalue weighted by atomic mass is 19.1. The van der Waals surface area contributed by atoms with Crippen molar-refractivity contribution >= 4 is 5.91 Å². The minimum absolute atomic E-state index is 0.122. The lowest BCUT2D eigenvalue weighted by Crippen LogP contribution is -2.22. The zero-order valence-electron chi connectivity index (χ0n) is 7.87. The van der Waals surface area contributed by atoms with Crippen LogP contribution in [0.15, 0.2) is 24.3 Å². The SMILES string of the molecule is CC(CC(N)=O)Oc1cccc(F)c1. The van der Waals surface area contributed by atoms with Gasteiger partial charge < -0.3 is 10.5 Å². The number of rotatable bonds is 4. The lowest BCUT2D eigenvalue weighted by atomic mass is 10.2. The standard InChI is InChI=1S/C10H12FNO2/c1-7(5-10(12)13)14-9-4-2-3-8(11)6-9/h2-4,6-7H,5H2,1H3,(H2,12,13). The summed E-state index contributed by atoms with van der Waals surface area (Å²) in [7, 11) is 0. The summed E-state index contributed by atoms with van der Waals surface area (Å²) in [6, 6.07) is 5.76. The molecule has 0 fully saturated rings. The minimum atomic E-state index is -0.436. The molecule has 0 heterocycles. The van der Waals surface area contributed by atoms with Crippen molar-refractivity contribution in [3.05, 3.63) is 30.1 Å². The average Bonchev–Trinajstić information content (AvgIpc) is 2.01. The number of halogens is 1. The normalized spacial score (nSPS) is 12.1. The molecule has 0 aliphatic rings. The third-order valence-electron chi connectivity index (χ3n) is 1.62. The van der Waals surface area contributed by atoms with Gasteiger partial charge in [-0.1, -0.05) is 6.07 Å². The Bertz CT molecular complexity index is 328. The topological polar surface area (TPSA) is 52.3 Å². The third-order valence-corrected chi connectivity index (χ3v) is 1.62. The summed E-state index contributed by atoms with van der Waals surface area (Å²) in [6.45, 7) is 1.70. The average molecular weight is 197 g/mol. The first-order valence-corrected chi connectivity index (χ1v) is 4.28. The molecule has 0 spiro atoms. The van der Waals surface area contributed by atoms with Gasteiger partial charge in [-0.05, 0) is 19.1 Å². The van der Waals surface area contributed by atoms with Crippen molar-refractivity contribution in [2.75, 3.05) is 0 Å². The number of primary amides is 1. The molecule has 0 aliphatic heterocycles. The molecule has 2 N–H and O–H groups in total. The lowest BCUT2D eigenvalue weighted by molar-refractivity contribution is -0.119. The molecule has 0 saturated heterocycles. The van der Waals surface area contributed by atoms with Crippen LogP contribution in [-0.2, 0) is 4.79 Å². The summed E-state index contributed by atoms with van der Waals surface area (Å²) in [6.07, 6.45) is -0.217. The highest BCUT2D eigenvalue weighted by Gasteiger charge is 2.07. The van der Waals surface area contributed by atoms with E-state index < -0.39 is 5.91 Å². The van der Waals surface area contributed by atoms with E-state index in [0.29, 0.717) is 5.75 Å². The van der Waals surface area contributed by atoms with Gasteiger partial charge in [0, 0.05) is 6.07 Å². The van der Waals surface area contributed by atoms with Crippen LogP contribution in [0.1, 0.15) is 13.3 Å². The highest BCUT2D eigenvalue weighted by molar-refractivity contribution is 5.74. The zero-order valence-corrected chi connectivity index (χ0v) is 7.87. The van der Waals surface area contributed by atoms with Gasteiger partial charge >= 0.3 is 0 Å². The predicted molar refractivity (Wildman–Crippen MR) is 50.3 cm³/mol. The fourth-order valence-electron chi connectivity index (χ4n) is 1.10. The van der Waals surface area contributed by atoms with Crippen LogP contribution in [0.4, 0.5) is 4.39 Å². The number of nitrogens with two attached hydrogens (primary N) is 1. The van der Waals surface area contributed by atoms with Gasteiger partial charge in [-0.3, -0.25) is 4.79 Å². The Balaban J connectivity index is 2.55. The van der Waals surface area contributed by atoms with E-state index in [2.05, 4.69) is 0 Å². The van der Waals surface area contributed by atoms with Crippen molar-refractivity contribution in [2.24, 2.45) is 5.73 Å². The number of carbonyl (C=O) groups is 1. The number of hydrogen-bond donors (Lipinski definition) is 1. The van der Waals surface area contributed by atoms with Crippen molar-refractivity contribution in [1.29, 1.82) is 0 Å². The first-order valence-electron chi connectivity index (χ1n) is 4.28. The van der Waals surface area contributed by atoms with Crippen molar-refractivity contribution in [2.45, 2.75) is 19.4 Å². The van der Waals surface area contributed by atoms with E-state index >= 15 is 0 Å². The quantitative estimate of drug-likeness (QED) is 0.794. The molecule has 1 aromatic rings. The molecule has 0 aromatic heterocycles. The number of carbonyl (C=O) groups excluding carboxylic acids is 1. The summed E-state index contributed by atoms with van der Waals surface area (Å²) < 4.78 is 18.0. The van der Waals surface area contributed by atoms with E-state index in [1.807, 2.05) is 0 Å². The molecule has 0 saturated carbocycles. The van der Waals surface area contributed by atoms with Crippen LogP contribution in [0.3, 0.4) is 0 Å². The molecule has 1 amide bonds. The Hall–Kier alpha value is -1.58. The monoisotopic (exact) mass is 197 g/mol. The first kappa shape index (κ1) is 10.5. The van der Waals surface area contributed by atoms with Crippen LogP contribution in [0.25, 0.3) is 0 Å². The largest absolute Gasteiger partial charge is 0.490 e. The Morgan fingerprint density at radius 1 is 1.64 bits per heavy atom. The van der Waals surface area contributed by atoms with E-state index in [4.69, 9.17) is 10.5 Å². The molecule has 0 radical (unpaired) electrons. The van der Waals surface area contributed by atoms with Crippen LogP contribution in [0.2, 0.25) is 0 Å². The van der Waals surface area contributed by atoms with E-state index in [9.17, 15) is 9.18 Å². The predicted octanol–water partition coefficient (Wildman–Crippen LogP) is 1.47. The molecule has 3 nitrogen and oxygen atoms in total. The molecule has 76 valence electrons. The van der Waals surface area contributed by atoms with E-state index in [-0.39, 0.29) is 18.3 Å². The van der Waals surface area contributed by atoms with Crippen LogP contribution in [0, 0.1) is 5.82 Å². The Morgan fingerprint density at radius 3 is 2.93 bits per heavy atom. The second kappa shape index (κ2) is 4.60.